The molecule has 9 nitrogen and oxygen atoms in total. The molecule has 1 saturated carbocycles. The second kappa shape index (κ2) is 7.64. The molecule has 4 heterocycles. The number of fused-ring (bicyclic) bond motifs is 2. The summed E-state index contributed by atoms with van der Waals surface area (Å²) in [6.07, 6.45) is 0.637. The van der Waals surface area contributed by atoms with Crippen LogP contribution >= 0.6 is 0 Å². The zero-order chi connectivity index (χ0) is 23.8. The van der Waals surface area contributed by atoms with Gasteiger partial charge in [-0.05, 0) is 37.5 Å². The van der Waals surface area contributed by atoms with Crippen molar-refractivity contribution in [3.63, 3.8) is 0 Å². The van der Waals surface area contributed by atoms with Crippen molar-refractivity contribution in [2.45, 2.75) is 44.6 Å². The normalized spacial score (nSPS) is 31.3. The van der Waals surface area contributed by atoms with Gasteiger partial charge in [0.1, 0.15) is 11.5 Å². The Labute approximate surface area is 196 Å². The van der Waals surface area contributed by atoms with Gasteiger partial charge >= 0.3 is 6.09 Å². The molecule has 6 rings (SSSR count). The Morgan fingerprint density at radius 3 is 2.32 bits per heavy atom. The van der Waals surface area contributed by atoms with Crippen molar-refractivity contribution in [1.82, 2.24) is 19.8 Å². The van der Waals surface area contributed by atoms with Crippen LogP contribution in [0.3, 0.4) is 0 Å². The summed E-state index contributed by atoms with van der Waals surface area (Å²) in [4.78, 5) is 40.2. The Morgan fingerprint density at radius 1 is 1.06 bits per heavy atom. The van der Waals surface area contributed by atoms with Crippen LogP contribution in [0.4, 0.5) is 25.3 Å². The molecule has 4 atom stereocenters. The van der Waals surface area contributed by atoms with Crippen molar-refractivity contribution in [1.29, 1.82) is 0 Å². The smallest absolute Gasteiger partial charge is 0.407 e. The molecule has 2 amide bonds. The minimum atomic E-state index is -2.90. The number of rotatable bonds is 4. The zero-order valence-corrected chi connectivity index (χ0v) is 19.3. The molecule has 1 aromatic heterocycles. The number of carbonyl (C=O) groups excluding carboxylic acids is 1. The van der Waals surface area contributed by atoms with E-state index in [1.165, 1.54) is 4.90 Å². The third-order valence-electron chi connectivity index (χ3n) is 8.57. The highest BCUT2D eigenvalue weighted by atomic mass is 19.3. The number of hydrogen-bond donors (Lipinski definition) is 1. The molecule has 0 spiro atoms. The number of nitrogens with zero attached hydrogens (tertiary/aromatic N) is 6. The van der Waals surface area contributed by atoms with E-state index in [9.17, 15) is 18.4 Å². The minimum absolute atomic E-state index is 0.0904. The number of piperazine rings is 1. The van der Waals surface area contributed by atoms with Gasteiger partial charge in [-0.2, -0.15) is 13.8 Å². The molecule has 3 saturated heterocycles. The van der Waals surface area contributed by atoms with Gasteiger partial charge in [-0.15, -0.1) is 0 Å². The van der Waals surface area contributed by atoms with Gasteiger partial charge < -0.3 is 24.7 Å². The molecule has 11 heteroatoms. The summed E-state index contributed by atoms with van der Waals surface area (Å²) in [6, 6.07) is 0.265. The molecule has 0 radical (unpaired) electrons. The van der Waals surface area contributed by atoms with E-state index in [4.69, 9.17) is 10.1 Å². The first-order valence-corrected chi connectivity index (χ1v) is 12.3. The van der Waals surface area contributed by atoms with Crippen LogP contribution < -0.4 is 9.80 Å². The number of carbonyl (C=O) groups is 2. The molecular formula is C23H30F2N6O3. The number of carboxylic acid groups (broad SMARTS) is 1. The number of aromatic nitrogens is 2. The predicted molar refractivity (Wildman–Crippen MR) is 119 cm³/mol. The first-order valence-electron chi connectivity index (χ1n) is 12.3. The quantitative estimate of drug-likeness (QED) is 0.711. The maximum absolute atomic E-state index is 14.6. The minimum Gasteiger partial charge on any atom is -0.465 e. The first kappa shape index (κ1) is 21.8. The lowest BCUT2D eigenvalue weighted by Crippen LogP contribution is -2.50. The summed E-state index contributed by atoms with van der Waals surface area (Å²) >= 11 is 0. The van der Waals surface area contributed by atoms with Gasteiger partial charge in [0, 0.05) is 70.3 Å². The number of alkyl halides is 2. The van der Waals surface area contributed by atoms with Crippen LogP contribution in [0.2, 0.25) is 0 Å². The van der Waals surface area contributed by atoms with Gasteiger partial charge in [0.2, 0.25) is 11.9 Å². The monoisotopic (exact) mass is 476 g/mol. The van der Waals surface area contributed by atoms with E-state index >= 15 is 0 Å². The molecule has 0 bridgehead atoms. The molecular weight excluding hydrogens is 446 g/mol. The van der Waals surface area contributed by atoms with Crippen LogP contribution in [0.25, 0.3) is 0 Å². The summed E-state index contributed by atoms with van der Waals surface area (Å²) in [5.41, 5.74) is 0.492. The number of halogens is 2. The van der Waals surface area contributed by atoms with E-state index in [1.807, 2.05) is 4.90 Å². The highest BCUT2D eigenvalue weighted by molar-refractivity contribution is 5.77. The highest BCUT2D eigenvalue weighted by Crippen LogP contribution is 2.55. The average Bonchev–Trinajstić information content (AvgIpc) is 3.11. The van der Waals surface area contributed by atoms with Crippen LogP contribution in [0.1, 0.15) is 37.4 Å². The van der Waals surface area contributed by atoms with Crippen molar-refractivity contribution < 1.29 is 23.5 Å². The average molecular weight is 477 g/mol. The number of anilines is 2. The van der Waals surface area contributed by atoms with Crippen molar-refractivity contribution in [3.8, 4) is 0 Å². The summed E-state index contributed by atoms with van der Waals surface area (Å²) in [5, 5.41) is 9.08. The van der Waals surface area contributed by atoms with E-state index in [2.05, 4.69) is 16.8 Å². The summed E-state index contributed by atoms with van der Waals surface area (Å²) in [5.74, 6) is -0.662. The van der Waals surface area contributed by atoms with E-state index in [0.717, 1.165) is 26.1 Å². The summed E-state index contributed by atoms with van der Waals surface area (Å²) < 4.78 is 29.2. The second-order valence-corrected chi connectivity index (χ2v) is 10.5. The van der Waals surface area contributed by atoms with Crippen LogP contribution in [0.15, 0.2) is 0 Å². The lowest BCUT2D eigenvalue weighted by Gasteiger charge is -2.39. The predicted octanol–water partition coefficient (Wildman–Crippen LogP) is 2.01. The highest BCUT2D eigenvalue weighted by Gasteiger charge is 2.57. The van der Waals surface area contributed by atoms with Crippen LogP contribution in [-0.2, 0) is 17.1 Å². The fraction of sp³-hybridized carbons (Fsp3) is 0.739. The Hall–Kier alpha value is -2.72. The molecule has 5 aliphatic rings. The largest absolute Gasteiger partial charge is 0.465 e. The van der Waals surface area contributed by atoms with Gasteiger partial charge in [0.15, 0.2) is 0 Å². The first-order chi connectivity index (χ1) is 16.2. The maximum atomic E-state index is 14.6. The van der Waals surface area contributed by atoms with E-state index in [-0.39, 0.29) is 24.1 Å². The molecule has 4 fully saturated rings. The molecule has 2 aliphatic carbocycles. The Balaban J connectivity index is 1.12. The molecule has 1 N–H and O–H groups in total. The lowest BCUT2D eigenvalue weighted by molar-refractivity contribution is -0.133. The van der Waals surface area contributed by atoms with E-state index < -0.39 is 12.0 Å². The number of amides is 2. The second-order valence-electron chi connectivity index (χ2n) is 10.5. The number of piperidine rings is 1. The topological polar surface area (TPSA) is 93.1 Å². The fourth-order valence-corrected chi connectivity index (χ4v) is 6.20. The van der Waals surface area contributed by atoms with E-state index in [1.54, 1.807) is 4.90 Å². The molecule has 34 heavy (non-hydrogen) atoms. The Morgan fingerprint density at radius 2 is 1.74 bits per heavy atom. The van der Waals surface area contributed by atoms with Crippen molar-refractivity contribution in [2.75, 3.05) is 55.6 Å². The standard InChI is InChI=1S/C23H30F2N6O3/c1-13-3-5-31(13)21-26-19-14(2-4-23(19,24)25)20(27-21)30-11-16-15(17(16)12-30)10-18(32)28-6-8-29(9-7-28)22(33)34/h13,15-17H,2-12H2,1H3,(H,33,34)/t13-,15-,16+,17-/m0/s1. The maximum Gasteiger partial charge on any atom is 0.407 e. The van der Waals surface area contributed by atoms with Gasteiger partial charge in [0.05, 0.1) is 0 Å². The third-order valence-corrected chi connectivity index (χ3v) is 8.57. The summed E-state index contributed by atoms with van der Waals surface area (Å²) in [7, 11) is 0. The van der Waals surface area contributed by atoms with E-state index in [0.29, 0.717) is 74.1 Å². The van der Waals surface area contributed by atoms with Crippen molar-refractivity contribution in [2.24, 2.45) is 17.8 Å². The number of hydrogen-bond acceptors (Lipinski definition) is 6. The van der Waals surface area contributed by atoms with Gasteiger partial charge in [-0.25, -0.2) is 9.78 Å². The SMILES string of the molecule is C[C@H]1CCN1c1nc(N2C[C@@H]3[C@H](CC(=O)N4CCN(C(=O)O)CC4)[C@@H]3C2)c2c(n1)C(F)(F)CC2. The molecule has 184 valence electrons. The molecule has 0 unspecified atom stereocenters. The van der Waals surface area contributed by atoms with Gasteiger partial charge in [-0.1, -0.05) is 0 Å². The molecule has 0 aromatic carbocycles. The van der Waals surface area contributed by atoms with Crippen LogP contribution in [-0.4, -0.2) is 88.7 Å². The summed E-state index contributed by atoms with van der Waals surface area (Å²) in [6.45, 7) is 5.92. The van der Waals surface area contributed by atoms with Gasteiger partial charge in [-0.3, -0.25) is 4.79 Å². The lowest BCUT2D eigenvalue weighted by atomic mass is 10.1. The van der Waals surface area contributed by atoms with Crippen LogP contribution in [0, 0.1) is 17.8 Å². The van der Waals surface area contributed by atoms with Gasteiger partial charge in [0.25, 0.3) is 5.92 Å². The van der Waals surface area contributed by atoms with Crippen molar-refractivity contribution >= 4 is 23.8 Å². The fourth-order valence-electron chi connectivity index (χ4n) is 6.20. The van der Waals surface area contributed by atoms with Crippen molar-refractivity contribution in [3.05, 3.63) is 11.3 Å². The van der Waals surface area contributed by atoms with Crippen LogP contribution in [0.5, 0.6) is 0 Å². The zero-order valence-electron chi connectivity index (χ0n) is 19.3. The Bertz CT molecular complexity index is 1020. The Kier molecular flexibility index (Phi) is 4.90. The molecule has 1 aromatic rings. The molecule has 3 aliphatic heterocycles. The third kappa shape index (κ3) is 3.46.